The molecule has 3 fully saturated rings. The van der Waals surface area contributed by atoms with Gasteiger partial charge in [-0.3, -0.25) is 9.69 Å². The minimum atomic E-state index is -4.82. The quantitative estimate of drug-likeness (QED) is 0.221. The summed E-state index contributed by atoms with van der Waals surface area (Å²) >= 11 is 0. The fourth-order valence-electron chi connectivity index (χ4n) is 7.72. The summed E-state index contributed by atoms with van der Waals surface area (Å²) in [6.07, 6.45) is 1.53. The van der Waals surface area contributed by atoms with Gasteiger partial charge in [-0.2, -0.15) is 26.3 Å². The second-order valence-electron chi connectivity index (χ2n) is 14.9. The molecule has 2 saturated heterocycles. The molecule has 0 spiro atoms. The minimum absolute atomic E-state index is 0.0771. The molecular weight excluding hydrogens is 702 g/mol. The number of alkyl halides is 6. The van der Waals surface area contributed by atoms with Crippen molar-refractivity contribution in [1.29, 1.82) is 0 Å². The lowest BCUT2D eigenvalue weighted by atomic mass is 9.83. The van der Waals surface area contributed by atoms with Gasteiger partial charge < -0.3 is 10.0 Å². The fourth-order valence-corrected chi connectivity index (χ4v) is 7.72. The Morgan fingerprint density at radius 2 is 1.13 bits per heavy atom. The highest BCUT2D eigenvalue weighted by Crippen LogP contribution is 2.37. The number of carboxylic acid groups (broad SMARTS) is 1. The van der Waals surface area contributed by atoms with E-state index in [0.29, 0.717) is 18.3 Å². The molecule has 6 rings (SSSR count). The molecule has 1 N–H and O–H groups in total. The zero-order valence-corrected chi connectivity index (χ0v) is 32.0. The molecule has 0 aromatic heterocycles. The van der Waals surface area contributed by atoms with Crippen LogP contribution < -0.4 is 0 Å². The molecule has 0 bridgehead atoms. The number of carbonyl (C=O) groups is 1. The van der Waals surface area contributed by atoms with Gasteiger partial charge in [0.05, 0.1) is 11.1 Å². The van der Waals surface area contributed by atoms with Gasteiger partial charge in [-0.05, 0) is 106 Å². The van der Waals surface area contributed by atoms with Crippen LogP contribution >= 0.6 is 0 Å². The second kappa shape index (κ2) is 23.5. The SMILES string of the molecule is CCC.O=C(O)C(C1CCCCC1)N1CCC(CN2CCC(CCCc3cc(C(F)(F)F)cc(C(F)(F)F)c3)CC2)C1.c1ccccc1.c1ccccc1. The number of piperidine rings is 1. The molecule has 0 amide bonds. The highest BCUT2D eigenvalue weighted by Gasteiger charge is 2.39. The fraction of sp³-hybridized carbons (Fsp3) is 0.568. The van der Waals surface area contributed by atoms with Crippen molar-refractivity contribution in [2.75, 3.05) is 32.7 Å². The predicted octanol–water partition coefficient (Wildman–Crippen LogP) is 11.9. The molecule has 2 unspecified atom stereocenters. The average Bonchev–Trinajstić information content (AvgIpc) is 3.61. The topological polar surface area (TPSA) is 43.8 Å². The molecule has 2 aliphatic heterocycles. The molecular formula is C44H60F6N2O2. The van der Waals surface area contributed by atoms with Gasteiger partial charge in [0.15, 0.2) is 0 Å². The van der Waals surface area contributed by atoms with Crippen LogP contribution in [0.3, 0.4) is 0 Å². The predicted molar refractivity (Wildman–Crippen MR) is 205 cm³/mol. The Morgan fingerprint density at radius 1 is 0.685 bits per heavy atom. The van der Waals surface area contributed by atoms with E-state index in [4.69, 9.17) is 0 Å². The highest BCUT2D eigenvalue weighted by atomic mass is 19.4. The van der Waals surface area contributed by atoms with E-state index in [1.54, 1.807) is 0 Å². The van der Waals surface area contributed by atoms with Gasteiger partial charge in [0.2, 0.25) is 0 Å². The van der Waals surface area contributed by atoms with Gasteiger partial charge in [0.25, 0.3) is 0 Å². The van der Waals surface area contributed by atoms with Crippen LogP contribution in [0.2, 0.25) is 0 Å². The summed E-state index contributed by atoms with van der Waals surface area (Å²) in [4.78, 5) is 16.7. The molecule has 1 saturated carbocycles. The molecule has 54 heavy (non-hydrogen) atoms. The number of nitrogens with zero attached hydrogens (tertiary/aromatic N) is 2. The summed E-state index contributed by atoms with van der Waals surface area (Å²) in [7, 11) is 0. The first kappa shape index (κ1) is 45.0. The second-order valence-corrected chi connectivity index (χ2v) is 14.9. The minimum Gasteiger partial charge on any atom is -0.480 e. The van der Waals surface area contributed by atoms with Gasteiger partial charge in [-0.1, -0.05) is 119 Å². The summed E-state index contributed by atoms with van der Waals surface area (Å²) in [5.74, 6) is 0.428. The van der Waals surface area contributed by atoms with Gasteiger partial charge in [-0.15, -0.1) is 0 Å². The molecule has 300 valence electrons. The van der Waals surface area contributed by atoms with Crippen LogP contribution in [0.4, 0.5) is 26.3 Å². The molecule has 3 aromatic rings. The third-order valence-corrected chi connectivity index (χ3v) is 10.3. The van der Waals surface area contributed by atoms with E-state index < -0.39 is 29.4 Å². The van der Waals surface area contributed by atoms with E-state index in [1.165, 1.54) is 12.8 Å². The Bertz CT molecular complexity index is 1310. The van der Waals surface area contributed by atoms with E-state index in [9.17, 15) is 36.2 Å². The molecule has 1 aliphatic carbocycles. The van der Waals surface area contributed by atoms with E-state index in [0.717, 1.165) is 96.2 Å². The maximum Gasteiger partial charge on any atom is 0.416 e. The van der Waals surface area contributed by atoms with Crippen molar-refractivity contribution in [2.45, 2.75) is 109 Å². The number of halogens is 6. The van der Waals surface area contributed by atoms with Crippen LogP contribution in [-0.2, 0) is 23.6 Å². The molecule has 0 radical (unpaired) electrons. The van der Waals surface area contributed by atoms with Crippen LogP contribution in [0.5, 0.6) is 0 Å². The van der Waals surface area contributed by atoms with Crippen molar-refractivity contribution in [2.24, 2.45) is 17.8 Å². The average molecular weight is 763 g/mol. The maximum absolute atomic E-state index is 13.1. The molecule has 10 heteroatoms. The number of hydrogen-bond acceptors (Lipinski definition) is 3. The maximum atomic E-state index is 13.1. The summed E-state index contributed by atoms with van der Waals surface area (Å²) < 4.78 is 78.7. The summed E-state index contributed by atoms with van der Waals surface area (Å²) in [5.41, 5.74) is -2.42. The Morgan fingerprint density at radius 3 is 1.56 bits per heavy atom. The third kappa shape index (κ3) is 16.6. The van der Waals surface area contributed by atoms with Crippen LogP contribution in [0, 0.1) is 17.8 Å². The Balaban J connectivity index is 0.000000432. The van der Waals surface area contributed by atoms with Gasteiger partial charge in [0, 0.05) is 13.1 Å². The lowest BCUT2D eigenvalue weighted by Crippen LogP contribution is -2.46. The standard InChI is InChI=1S/C29H40F6N2O2.2C6H6.C3H8/c30-28(31,32)24-15-21(16-25(17-24)29(33,34)35)6-4-5-20-9-12-36(13-10-20)18-22-11-14-37(19-22)26(27(38)39)23-7-2-1-3-8-23;2*1-2-4-6-5-3-1;1-3-2/h15-17,20,22-23,26H,1-14,18-19H2,(H,38,39);2*1-6H;3H2,1-2H3. The van der Waals surface area contributed by atoms with E-state index in [1.807, 2.05) is 72.8 Å². The lowest BCUT2D eigenvalue weighted by Gasteiger charge is -2.35. The molecule has 3 aliphatic rings. The van der Waals surface area contributed by atoms with Crippen molar-refractivity contribution < 1.29 is 36.2 Å². The van der Waals surface area contributed by atoms with Gasteiger partial charge in [-0.25, -0.2) is 0 Å². The Hall–Kier alpha value is -3.37. The van der Waals surface area contributed by atoms with Gasteiger partial charge in [0.1, 0.15) is 6.04 Å². The van der Waals surface area contributed by atoms with Crippen molar-refractivity contribution in [3.8, 4) is 0 Å². The third-order valence-electron chi connectivity index (χ3n) is 10.3. The number of aryl methyl sites for hydroxylation is 1. The number of likely N-dealkylation sites (tertiary alicyclic amines) is 2. The first-order chi connectivity index (χ1) is 25.8. The summed E-state index contributed by atoms with van der Waals surface area (Å²) in [6, 6.07) is 25.5. The Kier molecular flexibility index (Phi) is 19.6. The highest BCUT2D eigenvalue weighted by molar-refractivity contribution is 5.74. The summed E-state index contributed by atoms with van der Waals surface area (Å²) in [6.45, 7) is 8.71. The molecule has 2 atom stereocenters. The monoisotopic (exact) mass is 762 g/mol. The van der Waals surface area contributed by atoms with Crippen LogP contribution in [0.15, 0.2) is 91.0 Å². The van der Waals surface area contributed by atoms with Crippen molar-refractivity contribution in [3.63, 3.8) is 0 Å². The van der Waals surface area contributed by atoms with Crippen LogP contribution in [0.25, 0.3) is 0 Å². The van der Waals surface area contributed by atoms with Gasteiger partial charge >= 0.3 is 18.3 Å². The van der Waals surface area contributed by atoms with E-state index in [2.05, 4.69) is 23.6 Å². The number of hydrogen-bond donors (Lipinski definition) is 1. The van der Waals surface area contributed by atoms with Crippen molar-refractivity contribution in [1.82, 2.24) is 9.80 Å². The van der Waals surface area contributed by atoms with Crippen LogP contribution in [0.1, 0.15) is 101 Å². The largest absolute Gasteiger partial charge is 0.480 e. The smallest absolute Gasteiger partial charge is 0.416 e. The number of rotatable bonds is 9. The summed E-state index contributed by atoms with van der Waals surface area (Å²) in [5, 5.41) is 9.91. The zero-order chi connectivity index (χ0) is 39.4. The van der Waals surface area contributed by atoms with Crippen LogP contribution in [-0.4, -0.2) is 59.6 Å². The lowest BCUT2D eigenvalue weighted by molar-refractivity contribution is -0.146. The van der Waals surface area contributed by atoms with E-state index in [-0.39, 0.29) is 30.0 Å². The Labute approximate surface area is 319 Å². The molecule has 4 nitrogen and oxygen atoms in total. The van der Waals surface area contributed by atoms with E-state index >= 15 is 0 Å². The molecule has 2 heterocycles. The first-order valence-corrected chi connectivity index (χ1v) is 19.8. The number of carboxylic acids is 1. The normalized spacial score (nSPS) is 19.3. The molecule has 3 aromatic carbocycles. The van der Waals surface area contributed by atoms with Crippen molar-refractivity contribution >= 4 is 5.97 Å². The number of aliphatic carboxylic acids is 1. The zero-order valence-electron chi connectivity index (χ0n) is 32.0. The first-order valence-electron chi connectivity index (χ1n) is 19.8. The van der Waals surface area contributed by atoms with Crippen molar-refractivity contribution in [3.05, 3.63) is 108 Å². The number of benzene rings is 3.